The molecule has 3 rings (SSSR count). The number of para-hydroxylation sites is 1. The van der Waals surface area contributed by atoms with Crippen LogP contribution in [0.1, 0.15) is 22.8 Å². The number of hydrogen-bond donors (Lipinski definition) is 1. The van der Waals surface area contributed by atoms with E-state index in [0.717, 1.165) is 34.7 Å². The molecular weight excluding hydrogens is 210 g/mol. The van der Waals surface area contributed by atoms with Crippen molar-refractivity contribution in [3.63, 3.8) is 0 Å². The van der Waals surface area contributed by atoms with Crippen LogP contribution < -0.4 is 0 Å². The van der Waals surface area contributed by atoms with Crippen LogP contribution in [-0.2, 0) is 6.42 Å². The lowest BCUT2D eigenvalue weighted by atomic mass is 10.0. The van der Waals surface area contributed by atoms with Crippen molar-refractivity contribution in [1.29, 1.82) is 0 Å². The summed E-state index contributed by atoms with van der Waals surface area (Å²) in [6.07, 6.45) is 1.87. The number of aromatic amines is 1. The maximum Gasteiger partial charge on any atom is 0.152 e. The molecule has 1 aromatic heterocycles. The van der Waals surface area contributed by atoms with Crippen LogP contribution >= 0.6 is 0 Å². The summed E-state index contributed by atoms with van der Waals surface area (Å²) in [6.45, 7) is 2.10. The van der Waals surface area contributed by atoms with Gasteiger partial charge in [-0.05, 0) is 30.2 Å². The number of benzene rings is 2. The minimum absolute atomic E-state index is 0.746. The highest BCUT2D eigenvalue weighted by molar-refractivity contribution is 6.11. The van der Waals surface area contributed by atoms with E-state index in [-0.39, 0.29) is 0 Å². The second-order valence-corrected chi connectivity index (χ2v) is 4.25. The van der Waals surface area contributed by atoms with E-state index in [2.05, 4.69) is 24.0 Å². The first-order valence-electron chi connectivity index (χ1n) is 5.82. The van der Waals surface area contributed by atoms with Gasteiger partial charge in [0.25, 0.3) is 0 Å². The van der Waals surface area contributed by atoms with Crippen LogP contribution in [0.2, 0.25) is 0 Å². The highest BCUT2D eigenvalue weighted by Crippen LogP contribution is 2.28. The molecule has 2 heteroatoms. The van der Waals surface area contributed by atoms with Crippen molar-refractivity contribution < 1.29 is 4.79 Å². The van der Waals surface area contributed by atoms with Crippen LogP contribution in [0.5, 0.6) is 0 Å². The average molecular weight is 223 g/mol. The fourth-order valence-corrected chi connectivity index (χ4v) is 2.34. The largest absolute Gasteiger partial charge is 0.354 e. The Morgan fingerprint density at radius 1 is 1.18 bits per heavy atom. The number of nitrogens with one attached hydrogen (secondary N) is 1. The van der Waals surface area contributed by atoms with Crippen LogP contribution in [0.4, 0.5) is 0 Å². The highest BCUT2D eigenvalue weighted by atomic mass is 16.1. The first-order valence-corrected chi connectivity index (χ1v) is 5.82. The molecule has 1 N–H and O–H groups in total. The third-order valence-electron chi connectivity index (χ3n) is 3.24. The predicted molar refractivity (Wildman–Crippen MR) is 70.6 cm³/mol. The lowest BCUT2D eigenvalue weighted by molar-refractivity contribution is 0.112. The number of H-pyrrole nitrogens is 1. The number of carbonyl (C=O) groups excluding carboxylic acids is 1. The zero-order chi connectivity index (χ0) is 11.8. The van der Waals surface area contributed by atoms with Crippen LogP contribution in [0.3, 0.4) is 0 Å². The normalized spacial score (nSPS) is 11.1. The van der Waals surface area contributed by atoms with E-state index in [4.69, 9.17) is 0 Å². The van der Waals surface area contributed by atoms with E-state index in [0.29, 0.717) is 0 Å². The zero-order valence-electron chi connectivity index (χ0n) is 9.66. The molecule has 0 unspecified atom stereocenters. The second-order valence-electron chi connectivity index (χ2n) is 4.25. The van der Waals surface area contributed by atoms with Crippen molar-refractivity contribution in [2.45, 2.75) is 13.3 Å². The second kappa shape index (κ2) is 3.74. The molecule has 0 bridgehead atoms. The predicted octanol–water partition coefficient (Wildman–Crippen LogP) is 3.70. The fourth-order valence-electron chi connectivity index (χ4n) is 2.34. The standard InChI is InChI=1S/C15H13NO/c1-2-10-7-11(9-17)15-13(8-10)12-5-3-4-6-14(12)16-15/h3-9,16H,2H2,1H3. The van der Waals surface area contributed by atoms with Gasteiger partial charge in [0.1, 0.15) is 0 Å². The Labute approximate surface area is 99.3 Å². The maximum atomic E-state index is 11.1. The molecule has 0 radical (unpaired) electrons. The fraction of sp³-hybridized carbons (Fsp3) is 0.133. The summed E-state index contributed by atoms with van der Waals surface area (Å²) >= 11 is 0. The third-order valence-corrected chi connectivity index (χ3v) is 3.24. The molecule has 0 aliphatic carbocycles. The number of hydrogen-bond acceptors (Lipinski definition) is 1. The van der Waals surface area contributed by atoms with Gasteiger partial charge in [0.15, 0.2) is 6.29 Å². The summed E-state index contributed by atoms with van der Waals surface area (Å²) in [6, 6.07) is 12.3. The first-order chi connectivity index (χ1) is 8.33. The summed E-state index contributed by atoms with van der Waals surface area (Å²) in [7, 11) is 0. The number of aryl methyl sites for hydroxylation is 1. The van der Waals surface area contributed by atoms with Crippen LogP contribution in [0.25, 0.3) is 21.8 Å². The van der Waals surface area contributed by atoms with Crippen LogP contribution in [0.15, 0.2) is 36.4 Å². The average Bonchev–Trinajstić information content (AvgIpc) is 2.76. The molecule has 0 aliphatic heterocycles. The quantitative estimate of drug-likeness (QED) is 0.660. The first kappa shape index (κ1) is 10.1. The van der Waals surface area contributed by atoms with E-state index in [1.165, 1.54) is 10.9 Å². The molecule has 0 aliphatic rings. The molecular formula is C15H13NO. The number of fused-ring (bicyclic) bond motifs is 3. The van der Waals surface area contributed by atoms with Crippen molar-refractivity contribution in [2.75, 3.05) is 0 Å². The van der Waals surface area contributed by atoms with E-state index in [1.54, 1.807) is 0 Å². The van der Waals surface area contributed by atoms with Crippen molar-refractivity contribution >= 4 is 28.1 Å². The Balaban J connectivity index is 2.51. The number of carbonyl (C=O) groups is 1. The maximum absolute atomic E-state index is 11.1. The van der Waals surface area contributed by atoms with Crippen molar-refractivity contribution in [1.82, 2.24) is 4.98 Å². The molecule has 17 heavy (non-hydrogen) atoms. The lowest BCUT2D eigenvalue weighted by Gasteiger charge is -2.00. The third kappa shape index (κ3) is 1.45. The van der Waals surface area contributed by atoms with Gasteiger partial charge in [-0.1, -0.05) is 25.1 Å². The SMILES string of the molecule is CCc1cc(C=O)c2[nH]c3ccccc3c2c1. The molecule has 3 aromatic rings. The summed E-state index contributed by atoms with van der Waals surface area (Å²) < 4.78 is 0. The van der Waals surface area contributed by atoms with Gasteiger partial charge in [0.05, 0.1) is 5.52 Å². The topological polar surface area (TPSA) is 32.9 Å². The van der Waals surface area contributed by atoms with Gasteiger partial charge in [0, 0.05) is 21.9 Å². The molecule has 2 nitrogen and oxygen atoms in total. The Bertz CT molecular complexity index is 709. The Kier molecular flexibility index (Phi) is 2.22. The van der Waals surface area contributed by atoms with Crippen molar-refractivity contribution in [3.05, 3.63) is 47.5 Å². The molecule has 2 aromatic carbocycles. The Hall–Kier alpha value is -2.09. The number of rotatable bonds is 2. The van der Waals surface area contributed by atoms with Gasteiger partial charge >= 0.3 is 0 Å². The van der Waals surface area contributed by atoms with Crippen molar-refractivity contribution in [2.24, 2.45) is 0 Å². The van der Waals surface area contributed by atoms with E-state index >= 15 is 0 Å². The number of aromatic nitrogens is 1. The van der Waals surface area contributed by atoms with Gasteiger partial charge in [-0.3, -0.25) is 4.79 Å². The van der Waals surface area contributed by atoms with E-state index in [1.807, 2.05) is 24.3 Å². The minimum Gasteiger partial charge on any atom is -0.354 e. The van der Waals surface area contributed by atoms with Crippen LogP contribution in [0, 0.1) is 0 Å². The number of aldehydes is 1. The molecule has 0 saturated heterocycles. The Morgan fingerprint density at radius 2 is 2.00 bits per heavy atom. The summed E-state index contributed by atoms with van der Waals surface area (Å²) in [5, 5.41) is 2.32. The van der Waals surface area contributed by atoms with Gasteiger partial charge in [0.2, 0.25) is 0 Å². The summed E-state index contributed by atoms with van der Waals surface area (Å²) in [4.78, 5) is 14.5. The summed E-state index contributed by atoms with van der Waals surface area (Å²) in [5.74, 6) is 0. The zero-order valence-corrected chi connectivity index (χ0v) is 9.66. The van der Waals surface area contributed by atoms with Gasteiger partial charge < -0.3 is 4.98 Å². The molecule has 0 atom stereocenters. The lowest BCUT2D eigenvalue weighted by Crippen LogP contribution is -1.87. The van der Waals surface area contributed by atoms with Gasteiger partial charge in [-0.25, -0.2) is 0 Å². The smallest absolute Gasteiger partial charge is 0.152 e. The monoisotopic (exact) mass is 223 g/mol. The minimum atomic E-state index is 0.746. The van der Waals surface area contributed by atoms with E-state index in [9.17, 15) is 4.79 Å². The van der Waals surface area contributed by atoms with E-state index < -0.39 is 0 Å². The molecule has 84 valence electrons. The Morgan fingerprint density at radius 3 is 2.76 bits per heavy atom. The molecule has 0 amide bonds. The molecule has 1 heterocycles. The highest BCUT2D eigenvalue weighted by Gasteiger charge is 2.08. The molecule has 0 spiro atoms. The molecule has 0 fully saturated rings. The van der Waals surface area contributed by atoms with Crippen LogP contribution in [-0.4, -0.2) is 11.3 Å². The van der Waals surface area contributed by atoms with Gasteiger partial charge in [-0.2, -0.15) is 0 Å². The summed E-state index contributed by atoms with van der Waals surface area (Å²) in [5.41, 5.74) is 3.97. The molecule has 0 saturated carbocycles. The van der Waals surface area contributed by atoms with Crippen molar-refractivity contribution in [3.8, 4) is 0 Å². The van der Waals surface area contributed by atoms with Gasteiger partial charge in [-0.15, -0.1) is 0 Å².